The fourth-order valence-corrected chi connectivity index (χ4v) is 1.69. The van der Waals surface area contributed by atoms with E-state index in [0.717, 1.165) is 0 Å². The molecule has 1 aromatic rings. The van der Waals surface area contributed by atoms with Crippen molar-refractivity contribution in [1.29, 1.82) is 0 Å². The van der Waals surface area contributed by atoms with E-state index in [0.29, 0.717) is 22.2 Å². The van der Waals surface area contributed by atoms with Gasteiger partial charge in [-0.1, -0.05) is 23.2 Å². The maximum absolute atomic E-state index is 11.3. The van der Waals surface area contributed by atoms with Crippen molar-refractivity contribution < 1.29 is 4.79 Å². The van der Waals surface area contributed by atoms with Crippen LogP contribution in [0.5, 0.6) is 0 Å². The molecule has 0 spiro atoms. The van der Waals surface area contributed by atoms with E-state index >= 15 is 0 Å². The van der Waals surface area contributed by atoms with Gasteiger partial charge >= 0.3 is 0 Å². The Morgan fingerprint density at radius 1 is 1.36 bits per heavy atom. The average Bonchev–Trinajstić information content (AvgIpc) is 2.52. The molecular weight excluding hydrogens is 223 g/mol. The fraction of sp³-hybridized carbons (Fsp3) is 0.111. The van der Waals surface area contributed by atoms with Crippen LogP contribution in [-0.4, -0.2) is 12.1 Å². The van der Waals surface area contributed by atoms with Crippen LogP contribution in [0.4, 0.5) is 5.69 Å². The minimum atomic E-state index is -0.0887. The zero-order valence-electron chi connectivity index (χ0n) is 7.08. The standard InChI is InChI=1S/C9H6Cl2N2O/c10-6-1-2-8(7(11)5-6)13-9(14)3-4-12-13/h1-2,4-5H,3H2. The molecule has 0 saturated heterocycles. The summed E-state index contributed by atoms with van der Waals surface area (Å²) in [6.07, 6.45) is 1.87. The highest BCUT2D eigenvalue weighted by molar-refractivity contribution is 6.36. The van der Waals surface area contributed by atoms with E-state index in [-0.39, 0.29) is 5.91 Å². The highest BCUT2D eigenvalue weighted by Gasteiger charge is 2.20. The lowest BCUT2D eigenvalue weighted by molar-refractivity contribution is -0.116. The van der Waals surface area contributed by atoms with Crippen molar-refractivity contribution in [3.8, 4) is 0 Å². The predicted octanol–water partition coefficient (Wildman–Crippen LogP) is 2.72. The number of amides is 1. The Balaban J connectivity index is 2.41. The van der Waals surface area contributed by atoms with Crippen LogP contribution in [0.25, 0.3) is 0 Å². The summed E-state index contributed by atoms with van der Waals surface area (Å²) in [4.78, 5) is 11.3. The highest BCUT2D eigenvalue weighted by Crippen LogP contribution is 2.30. The van der Waals surface area contributed by atoms with Gasteiger partial charge < -0.3 is 0 Å². The molecule has 0 radical (unpaired) electrons. The van der Waals surface area contributed by atoms with Gasteiger partial charge in [-0.2, -0.15) is 10.1 Å². The Morgan fingerprint density at radius 2 is 2.14 bits per heavy atom. The SMILES string of the molecule is O=C1CC=NN1c1ccc(Cl)cc1Cl. The molecule has 1 aliphatic rings. The molecule has 2 rings (SSSR count). The van der Waals surface area contributed by atoms with Crippen LogP contribution in [0.2, 0.25) is 10.0 Å². The van der Waals surface area contributed by atoms with Crippen LogP contribution in [0.1, 0.15) is 6.42 Å². The topological polar surface area (TPSA) is 32.7 Å². The van der Waals surface area contributed by atoms with Crippen molar-refractivity contribution in [2.45, 2.75) is 6.42 Å². The van der Waals surface area contributed by atoms with E-state index in [1.165, 1.54) is 5.01 Å². The van der Waals surface area contributed by atoms with Crippen LogP contribution < -0.4 is 5.01 Å². The molecule has 72 valence electrons. The molecule has 1 amide bonds. The van der Waals surface area contributed by atoms with E-state index in [1.807, 2.05) is 0 Å². The summed E-state index contributed by atoms with van der Waals surface area (Å²) in [5.41, 5.74) is 0.565. The van der Waals surface area contributed by atoms with Gasteiger partial charge in [0.1, 0.15) is 0 Å². The number of benzene rings is 1. The summed E-state index contributed by atoms with van der Waals surface area (Å²) in [7, 11) is 0. The molecule has 0 saturated carbocycles. The lowest BCUT2D eigenvalue weighted by Crippen LogP contribution is -2.19. The minimum Gasteiger partial charge on any atom is -0.272 e. The minimum absolute atomic E-state index is 0.0887. The molecule has 0 aromatic heterocycles. The molecule has 0 bridgehead atoms. The van der Waals surface area contributed by atoms with Crippen LogP contribution in [0, 0.1) is 0 Å². The van der Waals surface area contributed by atoms with Crippen LogP contribution in [0.15, 0.2) is 23.3 Å². The number of carbonyl (C=O) groups excluding carboxylic acids is 1. The Hall–Kier alpha value is -1.06. The monoisotopic (exact) mass is 228 g/mol. The highest BCUT2D eigenvalue weighted by atomic mass is 35.5. The first-order valence-corrected chi connectivity index (χ1v) is 4.74. The van der Waals surface area contributed by atoms with Crippen molar-refractivity contribution in [1.82, 2.24) is 0 Å². The van der Waals surface area contributed by atoms with E-state index in [2.05, 4.69) is 5.10 Å². The summed E-state index contributed by atoms with van der Waals surface area (Å²) >= 11 is 11.7. The Bertz CT molecular complexity index is 417. The first-order chi connectivity index (χ1) is 6.68. The van der Waals surface area contributed by atoms with Crippen LogP contribution in [-0.2, 0) is 4.79 Å². The summed E-state index contributed by atoms with van der Waals surface area (Å²) in [6.45, 7) is 0. The van der Waals surface area contributed by atoms with Gasteiger partial charge in [0.2, 0.25) is 0 Å². The van der Waals surface area contributed by atoms with Gasteiger partial charge in [0.05, 0.1) is 17.1 Å². The molecule has 1 heterocycles. The maximum Gasteiger partial charge on any atom is 0.252 e. The molecule has 3 nitrogen and oxygen atoms in total. The molecule has 0 fully saturated rings. The number of hydrazone groups is 1. The number of hydrogen-bond donors (Lipinski definition) is 0. The molecule has 14 heavy (non-hydrogen) atoms. The largest absolute Gasteiger partial charge is 0.272 e. The van der Waals surface area contributed by atoms with Gasteiger partial charge in [0.25, 0.3) is 5.91 Å². The van der Waals surface area contributed by atoms with E-state index < -0.39 is 0 Å². The third kappa shape index (κ3) is 1.61. The maximum atomic E-state index is 11.3. The number of halogens is 2. The summed E-state index contributed by atoms with van der Waals surface area (Å²) < 4.78 is 0. The second kappa shape index (κ2) is 3.59. The average molecular weight is 229 g/mol. The molecular formula is C9H6Cl2N2O. The first kappa shape index (κ1) is 9.49. The van der Waals surface area contributed by atoms with Crippen molar-refractivity contribution >= 4 is 41.0 Å². The summed E-state index contributed by atoms with van der Waals surface area (Å²) in [5.74, 6) is -0.0887. The predicted molar refractivity (Wildman–Crippen MR) is 57.1 cm³/mol. The van der Waals surface area contributed by atoms with E-state index in [9.17, 15) is 4.79 Å². The third-order valence-corrected chi connectivity index (χ3v) is 2.38. The van der Waals surface area contributed by atoms with Crippen molar-refractivity contribution in [2.75, 3.05) is 5.01 Å². The zero-order chi connectivity index (χ0) is 10.1. The lowest BCUT2D eigenvalue weighted by Gasteiger charge is -2.13. The lowest BCUT2D eigenvalue weighted by atomic mass is 10.3. The first-order valence-electron chi connectivity index (χ1n) is 3.99. The Kier molecular flexibility index (Phi) is 2.44. The van der Waals surface area contributed by atoms with Gasteiger partial charge in [-0.25, -0.2) is 0 Å². The number of rotatable bonds is 1. The number of carbonyl (C=O) groups is 1. The normalized spacial score (nSPS) is 15.3. The Labute approximate surface area is 90.9 Å². The molecule has 0 N–H and O–H groups in total. The third-order valence-electron chi connectivity index (χ3n) is 1.84. The van der Waals surface area contributed by atoms with E-state index in [4.69, 9.17) is 23.2 Å². The quantitative estimate of drug-likeness (QED) is 0.728. The van der Waals surface area contributed by atoms with Crippen molar-refractivity contribution in [3.05, 3.63) is 28.2 Å². The molecule has 5 heteroatoms. The van der Waals surface area contributed by atoms with Gasteiger partial charge in [0, 0.05) is 11.2 Å². The smallest absolute Gasteiger partial charge is 0.252 e. The van der Waals surface area contributed by atoms with Crippen molar-refractivity contribution in [2.24, 2.45) is 5.10 Å². The van der Waals surface area contributed by atoms with Crippen LogP contribution in [0.3, 0.4) is 0 Å². The molecule has 0 aliphatic carbocycles. The van der Waals surface area contributed by atoms with Gasteiger partial charge in [-0.15, -0.1) is 0 Å². The zero-order valence-corrected chi connectivity index (χ0v) is 8.59. The van der Waals surface area contributed by atoms with Gasteiger partial charge in [-0.05, 0) is 18.2 Å². The second-order valence-corrected chi connectivity index (χ2v) is 3.65. The number of anilines is 1. The summed E-state index contributed by atoms with van der Waals surface area (Å²) in [6, 6.07) is 4.93. The molecule has 1 aromatic carbocycles. The summed E-state index contributed by atoms with van der Waals surface area (Å²) in [5, 5.41) is 6.14. The van der Waals surface area contributed by atoms with Gasteiger partial charge in [0.15, 0.2) is 0 Å². The fourth-order valence-electron chi connectivity index (χ4n) is 1.20. The van der Waals surface area contributed by atoms with E-state index in [1.54, 1.807) is 24.4 Å². The number of nitrogens with zero attached hydrogens (tertiary/aromatic N) is 2. The van der Waals surface area contributed by atoms with Crippen LogP contribution >= 0.6 is 23.2 Å². The number of hydrogen-bond acceptors (Lipinski definition) is 2. The molecule has 1 aliphatic heterocycles. The molecule has 0 unspecified atom stereocenters. The van der Waals surface area contributed by atoms with Crippen molar-refractivity contribution in [3.63, 3.8) is 0 Å². The Morgan fingerprint density at radius 3 is 2.71 bits per heavy atom. The second-order valence-electron chi connectivity index (χ2n) is 2.80. The molecule has 0 atom stereocenters. The van der Waals surface area contributed by atoms with Gasteiger partial charge in [-0.3, -0.25) is 4.79 Å².